The number of nitrogens with two attached hydrogens (primary N) is 1. The summed E-state index contributed by atoms with van der Waals surface area (Å²) >= 11 is 0. The van der Waals surface area contributed by atoms with Gasteiger partial charge in [0.15, 0.2) is 0 Å². The van der Waals surface area contributed by atoms with E-state index in [-0.39, 0.29) is 0 Å². The molecule has 0 atom stereocenters. The first-order valence-electron chi connectivity index (χ1n) is 6.49. The van der Waals surface area contributed by atoms with Crippen molar-refractivity contribution < 1.29 is 4.79 Å². The van der Waals surface area contributed by atoms with Crippen molar-refractivity contribution in [3.8, 4) is 0 Å². The van der Waals surface area contributed by atoms with Crippen molar-refractivity contribution in [2.75, 3.05) is 5.73 Å². The number of carbonyl (C=O) groups is 1. The number of nitrogen functional groups attached to an aromatic ring is 1. The summed E-state index contributed by atoms with van der Waals surface area (Å²) in [6.07, 6.45) is 1.65. The summed E-state index contributed by atoms with van der Waals surface area (Å²) < 4.78 is 0. The largest absolute Gasteiger partial charge is 0.399 e. The highest BCUT2D eigenvalue weighted by Crippen LogP contribution is 2.25. The molecular weight excluding hydrogens is 250 g/mol. The van der Waals surface area contributed by atoms with Crippen LogP contribution in [0, 0.1) is 6.92 Å². The van der Waals surface area contributed by atoms with Crippen molar-refractivity contribution in [3.63, 3.8) is 0 Å². The number of carbonyl (C=O) groups excluding carboxylic acids is 1. The van der Waals surface area contributed by atoms with Gasteiger partial charge in [0, 0.05) is 11.3 Å². The highest BCUT2D eigenvalue weighted by molar-refractivity contribution is 5.77. The molecule has 0 saturated carbocycles. The molecule has 20 heavy (non-hydrogen) atoms. The zero-order valence-corrected chi connectivity index (χ0v) is 11.6. The Morgan fingerprint density at radius 1 is 1.15 bits per heavy atom. The third-order valence-electron chi connectivity index (χ3n) is 2.98. The van der Waals surface area contributed by atoms with Crippen LogP contribution in [0.3, 0.4) is 0 Å². The zero-order chi connectivity index (χ0) is 14.5. The van der Waals surface area contributed by atoms with Crippen molar-refractivity contribution in [2.45, 2.75) is 20.3 Å². The summed E-state index contributed by atoms with van der Waals surface area (Å²) in [6, 6.07) is 11.0. The molecule has 0 radical (unpaired) electrons. The van der Waals surface area contributed by atoms with Crippen LogP contribution in [-0.2, 0) is 6.42 Å². The number of azo groups is 1. The molecule has 0 aliphatic heterocycles. The summed E-state index contributed by atoms with van der Waals surface area (Å²) in [6.45, 7) is 3.97. The normalized spacial score (nSPS) is 10.9. The molecule has 0 saturated heterocycles. The van der Waals surface area contributed by atoms with Crippen LogP contribution in [0.2, 0.25) is 0 Å². The third-order valence-corrected chi connectivity index (χ3v) is 2.98. The van der Waals surface area contributed by atoms with E-state index in [2.05, 4.69) is 10.2 Å². The predicted octanol–water partition coefficient (Wildman–Crippen LogP) is 4.37. The molecule has 4 heteroatoms. The maximum Gasteiger partial charge on any atom is 0.150 e. The Balaban J connectivity index is 2.34. The molecule has 0 aliphatic rings. The first kappa shape index (κ1) is 13.9. The molecule has 0 aliphatic carbocycles. The van der Waals surface area contributed by atoms with Gasteiger partial charge in [-0.05, 0) is 60.9 Å². The molecule has 0 spiro atoms. The SMILES string of the molecule is CCc1cc(N)ccc1N=Nc1cc(C)cc(C=O)c1. The molecule has 2 N–H and O–H groups in total. The lowest BCUT2D eigenvalue weighted by atomic mass is 10.1. The maximum absolute atomic E-state index is 10.8. The van der Waals surface area contributed by atoms with Crippen molar-refractivity contribution in [1.82, 2.24) is 0 Å². The van der Waals surface area contributed by atoms with Crippen molar-refractivity contribution in [3.05, 3.63) is 53.1 Å². The van der Waals surface area contributed by atoms with Crippen LogP contribution in [0.25, 0.3) is 0 Å². The van der Waals surface area contributed by atoms with Gasteiger partial charge in [0.1, 0.15) is 6.29 Å². The van der Waals surface area contributed by atoms with Gasteiger partial charge in [0.05, 0.1) is 11.4 Å². The minimum Gasteiger partial charge on any atom is -0.399 e. The molecule has 0 unspecified atom stereocenters. The summed E-state index contributed by atoms with van der Waals surface area (Å²) in [4.78, 5) is 10.8. The molecule has 102 valence electrons. The van der Waals surface area contributed by atoms with Gasteiger partial charge in [-0.2, -0.15) is 10.2 Å². The van der Waals surface area contributed by atoms with Gasteiger partial charge in [-0.25, -0.2) is 0 Å². The number of hydrogen-bond acceptors (Lipinski definition) is 4. The summed E-state index contributed by atoms with van der Waals surface area (Å²) in [5.41, 5.74) is 10.6. The van der Waals surface area contributed by atoms with Crippen molar-refractivity contribution >= 4 is 23.3 Å². The second kappa shape index (κ2) is 6.10. The zero-order valence-electron chi connectivity index (χ0n) is 11.6. The minimum atomic E-state index is 0.604. The standard InChI is InChI=1S/C16H17N3O/c1-3-13-9-14(17)4-5-16(13)19-18-15-7-11(2)6-12(8-15)10-20/h4-10H,3,17H2,1-2H3. The Kier molecular flexibility index (Phi) is 4.25. The Morgan fingerprint density at radius 2 is 1.95 bits per heavy atom. The lowest BCUT2D eigenvalue weighted by molar-refractivity contribution is 0.112. The highest BCUT2D eigenvalue weighted by Gasteiger charge is 2.01. The highest BCUT2D eigenvalue weighted by atomic mass is 16.1. The fraction of sp³-hybridized carbons (Fsp3) is 0.188. The van der Waals surface area contributed by atoms with E-state index in [0.717, 1.165) is 35.2 Å². The van der Waals surface area contributed by atoms with E-state index in [9.17, 15) is 4.79 Å². The Labute approximate surface area is 118 Å². The third kappa shape index (κ3) is 3.29. The van der Waals surface area contributed by atoms with Gasteiger partial charge in [-0.3, -0.25) is 4.79 Å². The average molecular weight is 267 g/mol. The first-order valence-corrected chi connectivity index (χ1v) is 6.49. The van der Waals surface area contributed by atoms with E-state index in [1.54, 1.807) is 12.1 Å². The van der Waals surface area contributed by atoms with Crippen LogP contribution in [0.5, 0.6) is 0 Å². The molecule has 0 bridgehead atoms. The monoisotopic (exact) mass is 267 g/mol. The van der Waals surface area contributed by atoms with Crippen LogP contribution in [-0.4, -0.2) is 6.29 Å². The van der Waals surface area contributed by atoms with Gasteiger partial charge in [0.25, 0.3) is 0 Å². The molecule has 0 aromatic heterocycles. The number of aldehydes is 1. The summed E-state index contributed by atoms with van der Waals surface area (Å²) in [5.74, 6) is 0. The maximum atomic E-state index is 10.8. The number of anilines is 1. The molecule has 2 aromatic carbocycles. The fourth-order valence-corrected chi connectivity index (χ4v) is 2.02. The molecule has 2 rings (SSSR count). The van der Waals surface area contributed by atoms with Crippen LogP contribution in [0.1, 0.15) is 28.4 Å². The Morgan fingerprint density at radius 3 is 2.65 bits per heavy atom. The van der Waals surface area contributed by atoms with E-state index >= 15 is 0 Å². The molecular formula is C16H17N3O. The number of nitrogens with zero attached hydrogens (tertiary/aromatic N) is 2. The van der Waals surface area contributed by atoms with Gasteiger partial charge in [-0.1, -0.05) is 6.92 Å². The average Bonchev–Trinajstić information content (AvgIpc) is 2.45. The van der Waals surface area contributed by atoms with E-state index in [1.165, 1.54) is 0 Å². The van der Waals surface area contributed by atoms with E-state index in [0.29, 0.717) is 11.3 Å². The van der Waals surface area contributed by atoms with E-state index in [4.69, 9.17) is 5.73 Å². The molecule has 0 amide bonds. The topological polar surface area (TPSA) is 67.8 Å². The van der Waals surface area contributed by atoms with Crippen molar-refractivity contribution in [2.24, 2.45) is 10.2 Å². The molecule has 0 heterocycles. The number of benzene rings is 2. The summed E-state index contributed by atoms with van der Waals surface area (Å²) in [7, 11) is 0. The quantitative estimate of drug-likeness (QED) is 0.507. The smallest absolute Gasteiger partial charge is 0.150 e. The predicted molar refractivity (Wildman–Crippen MR) is 81.0 cm³/mol. The van der Waals surface area contributed by atoms with Crippen LogP contribution >= 0.6 is 0 Å². The second-order valence-electron chi connectivity index (χ2n) is 4.66. The number of hydrogen-bond donors (Lipinski definition) is 1. The van der Waals surface area contributed by atoms with E-state index < -0.39 is 0 Å². The lowest BCUT2D eigenvalue weighted by Gasteiger charge is -2.03. The van der Waals surface area contributed by atoms with Crippen molar-refractivity contribution in [1.29, 1.82) is 0 Å². The Bertz CT molecular complexity index is 663. The molecule has 0 fully saturated rings. The lowest BCUT2D eigenvalue weighted by Crippen LogP contribution is -1.87. The number of aryl methyl sites for hydroxylation is 2. The molecule has 2 aromatic rings. The fourth-order valence-electron chi connectivity index (χ4n) is 2.02. The van der Waals surface area contributed by atoms with Gasteiger partial charge in [-0.15, -0.1) is 0 Å². The van der Waals surface area contributed by atoms with E-state index in [1.807, 2.05) is 38.1 Å². The first-order chi connectivity index (χ1) is 9.62. The van der Waals surface area contributed by atoms with Crippen LogP contribution in [0.15, 0.2) is 46.6 Å². The van der Waals surface area contributed by atoms with Crippen LogP contribution in [0.4, 0.5) is 17.1 Å². The van der Waals surface area contributed by atoms with Gasteiger partial charge in [0.2, 0.25) is 0 Å². The molecule has 4 nitrogen and oxygen atoms in total. The van der Waals surface area contributed by atoms with Gasteiger partial charge >= 0.3 is 0 Å². The minimum absolute atomic E-state index is 0.604. The van der Waals surface area contributed by atoms with Crippen LogP contribution < -0.4 is 5.73 Å². The number of rotatable bonds is 4. The van der Waals surface area contributed by atoms with Gasteiger partial charge < -0.3 is 5.73 Å². The Hall–Kier alpha value is -2.49. The second-order valence-corrected chi connectivity index (χ2v) is 4.66. The summed E-state index contributed by atoms with van der Waals surface area (Å²) in [5, 5.41) is 8.47.